The summed E-state index contributed by atoms with van der Waals surface area (Å²) in [6, 6.07) is 7.11. The van der Waals surface area contributed by atoms with Crippen LogP contribution in [0.5, 0.6) is 0 Å². The van der Waals surface area contributed by atoms with Crippen molar-refractivity contribution in [3.63, 3.8) is 0 Å². The van der Waals surface area contributed by atoms with E-state index >= 15 is 0 Å². The van der Waals surface area contributed by atoms with Crippen LogP contribution < -0.4 is 5.32 Å². The molecule has 2 rings (SSSR count). The number of aliphatic hydroxyl groups excluding tert-OH is 1. The minimum atomic E-state index is -0.166. The Morgan fingerprint density at radius 2 is 1.83 bits per heavy atom. The minimum absolute atomic E-state index is 0.0405. The smallest absolute Gasteiger partial charge is 0.224 e. The zero-order valence-corrected chi connectivity index (χ0v) is 11.0. The molecular weight excluding hydrogens is 250 g/mol. The van der Waals surface area contributed by atoms with E-state index in [1.165, 1.54) is 0 Å². The highest BCUT2D eigenvalue weighted by Gasteiger charge is 2.21. The van der Waals surface area contributed by atoms with Gasteiger partial charge in [0.25, 0.3) is 0 Å². The fraction of sp³-hybridized carbons (Fsp3) is 0.500. The molecule has 1 aliphatic rings. The molecular formula is C14H18ClNO2. The van der Waals surface area contributed by atoms with Crippen LogP contribution >= 0.6 is 11.6 Å². The second-order valence-electron chi connectivity index (χ2n) is 4.93. The second-order valence-corrected chi connectivity index (χ2v) is 5.37. The molecule has 0 atom stereocenters. The van der Waals surface area contributed by atoms with Crippen LogP contribution in [0.1, 0.15) is 32.1 Å². The third-order valence-corrected chi connectivity index (χ3v) is 3.67. The number of amides is 1. The Labute approximate surface area is 112 Å². The molecule has 1 saturated carbocycles. The Morgan fingerprint density at radius 3 is 2.44 bits per heavy atom. The average molecular weight is 268 g/mol. The van der Waals surface area contributed by atoms with Crippen LogP contribution in [0.4, 0.5) is 5.69 Å². The summed E-state index contributed by atoms with van der Waals surface area (Å²) in [5.74, 6) is 0.444. The highest BCUT2D eigenvalue weighted by molar-refractivity contribution is 6.30. The number of nitrogens with one attached hydrogen (secondary N) is 1. The molecule has 0 heterocycles. The Kier molecular flexibility index (Phi) is 4.61. The van der Waals surface area contributed by atoms with Crippen molar-refractivity contribution in [1.29, 1.82) is 0 Å². The van der Waals surface area contributed by atoms with Gasteiger partial charge in [-0.05, 0) is 55.9 Å². The molecule has 1 aliphatic carbocycles. The van der Waals surface area contributed by atoms with Crippen LogP contribution in [-0.2, 0) is 4.79 Å². The van der Waals surface area contributed by atoms with Crippen molar-refractivity contribution in [2.24, 2.45) is 5.92 Å². The van der Waals surface area contributed by atoms with Crippen molar-refractivity contribution >= 4 is 23.2 Å². The Morgan fingerprint density at radius 1 is 1.22 bits per heavy atom. The highest BCUT2D eigenvalue weighted by Crippen LogP contribution is 2.27. The number of carbonyl (C=O) groups excluding carboxylic acids is 1. The number of carbonyl (C=O) groups is 1. The number of halogens is 1. The Balaban J connectivity index is 1.80. The fourth-order valence-electron chi connectivity index (χ4n) is 2.36. The number of aliphatic hydroxyl groups is 1. The van der Waals surface area contributed by atoms with Crippen molar-refractivity contribution < 1.29 is 9.90 Å². The summed E-state index contributed by atoms with van der Waals surface area (Å²) in [6.07, 6.45) is 3.89. The zero-order valence-electron chi connectivity index (χ0n) is 10.2. The van der Waals surface area contributed by atoms with Crippen LogP contribution in [0, 0.1) is 5.92 Å². The van der Waals surface area contributed by atoms with E-state index in [4.69, 9.17) is 11.6 Å². The zero-order chi connectivity index (χ0) is 13.0. The maximum absolute atomic E-state index is 11.8. The lowest BCUT2D eigenvalue weighted by atomic mass is 9.85. The molecule has 1 amide bonds. The third kappa shape index (κ3) is 4.00. The van der Waals surface area contributed by atoms with Crippen molar-refractivity contribution in [1.82, 2.24) is 0 Å². The van der Waals surface area contributed by atoms with E-state index in [-0.39, 0.29) is 12.0 Å². The summed E-state index contributed by atoms with van der Waals surface area (Å²) < 4.78 is 0. The highest BCUT2D eigenvalue weighted by atomic mass is 35.5. The van der Waals surface area contributed by atoms with Gasteiger partial charge in [-0.15, -0.1) is 0 Å². The van der Waals surface area contributed by atoms with Crippen molar-refractivity contribution in [3.8, 4) is 0 Å². The standard InChI is InChI=1S/C14H18ClNO2/c15-11-3-5-12(6-4-11)16-14(18)9-10-1-7-13(17)8-2-10/h3-6,10,13,17H,1-2,7-9H2,(H,16,18). The van der Waals surface area contributed by atoms with E-state index in [1.54, 1.807) is 24.3 Å². The van der Waals surface area contributed by atoms with Gasteiger partial charge in [0.2, 0.25) is 5.91 Å². The predicted octanol–water partition coefficient (Wildman–Crippen LogP) is 3.22. The van der Waals surface area contributed by atoms with Gasteiger partial charge in [0.05, 0.1) is 6.10 Å². The largest absolute Gasteiger partial charge is 0.393 e. The molecule has 4 heteroatoms. The van der Waals surface area contributed by atoms with Crippen LogP contribution in [0.3, 0.4) is 0 Å². The molecule has 3 nitrogen and oxygen atoms in total. The Hall–Kier alpha value is -1.06. The van der Waals surface area contributed by atoms with Crippen molar-refractivity contribution in [3.05, 3.63) is 29.3 Å². The van der Waals surface area contributed by atoms with Crippen LogP contribution in [0.2, 0.25) is 5.02 Å². The molecule has 98 valence electrons. The molecule has 1 fully saturated rings. The van der Waals surface area contributed by atoms with E-state index in [2.05, 4.69) is 5.32 Å². The molecule has 0 radical (unpaired) electrons. The number of anilines is 1. The number of hydrogen-bond donors (Lipinski definition) is 2. The first-order chi connectivity index (χ1) is 8.63. The summed E-state index contributed by atoms with van der Waals surface area (Å²) in [5, 5.41) is 12.9. The molecule has 0 aromatic heterocycles. The lowest BCUT2D eigenvalue weighted by molar-refractivity contribution is -0.117. The molecule has 18 heavy (non-hydrogen) atoms. The maximum atomic E-state index is 11.8. The van der Waals surface area contributed by atoms with Gasteiger partial charge in [-0.2, -0.15) is 0 Å². The lowest BCUT2D eigenvalue weighted by Gasteiger charge is -2.24. The monoisotopic (exact) mass is 267 g/mol. The number of rotatable bonds is 3. The van der Waals surface area contributed by atoms with Gasteiger partial charge in [0.1, 0.15) is 0 Å². The summed E-state index contributed by atoms with van der Waals surface area (Å²) in [6.45, 7) is 0. The average Bonchev–Trinajstić information content (AvgIpc) is 2.35. The quantitative estimate of drug-likeness (QED) is 0.883. The SMILES string of the molecule is O=C(CC1CCC(O)CC1)Nc1ccc(Cl)cc1. The van der Waals surface area contributed by atoms with Gasteiger partial charge >= 0.3 is 0 Å². The van der Waals surface area contributed by atoms with E-state index < -0.39 is 0 Å². The van der Waals surface area contributed by atoms with Crippen LogP contribution in [0.25, 0.3) is 0 Å². The van der Waals surface area contributed by atoms with E-state index in [0.29, 0.717) is 17.4 Å². The Bertz CT molecular complexity index is 397. The topological polar surface area (TPSA) is 49.3 Å². The van der Waals surface area contributed by atoms with E-state index in [1.807, 2.05) is 0 Å². The van der Waals surface area contributed by atoms with Crippen LogP contribution in [0.15, 0.2) is 24.3 Å². The molecule has 1 aromatic rings. The fourth-order valence-corrected chi connectivity index (χ4v) is 2.48. The maximum Gasteiger partial charge on any atom is 0.224 e. The van der Waals surface area contributed by atoms with Crippen molar-refractivity contribution in [2.75, 3.05) is 5.32 Å². The number of hydrogen-bond acceptors (Lipinski definition) is 2. The van der Waals surface area contributed by atoms with Crippen molar-refractivity contribution in [2.45, 2.75) is 38.2 Å². The summed E-state index contributed by atoms with van der Waals surface area (Å²) in [4.78, 5) is 11.8. The second kappa shape index (κ2) is 6.21. The summed E-state index contributed by atoms with van der Waals surface area (Å²) in [7, 11) is 0. The minimum Gasteiger partial charge on any atom is -0.393 e. The van der Waals surface area contributed by atoms with Gasteiger partial charge in [-0.3, -0.25) is 4.79 Å². The molecule has 1 aromatic carbocycles. The van der Waals surface area contributed by atoms with E-state index in [9.17, 15) is 9.90 Å². The molecule has 2 N–H and O–H groups in total. The first-order valence-electron chi connectivity index (χ1n) is 6.37. The van der Waals surface area contributed by atoms with Crippen LogP contribution in [-0.4, -0.2) is 17.1 Å². The normalized spacial score (nSPS) is 23.7. The first kappa shape index (κ1) is 13.4. The first-order valence-corrected chi connectivity index (χ1v) is 6.75. The predicted molar refractivity (Wildman–Crippen MR) is 72.7 cm³/mol. The third-order valence-electron chi connectivity index (χ3n) is 3.42. The van der Waals surface area contributed by atoms with Gasteiger partial charge in [-0.1, -0.05) is 11.6 Å². The summed E-state index contributed by atoms with van der Waals surface area (Å²) >= 11 is 5.78. The number of benzene rings is 1. The van der Waals surface area contributed by atoms with Gasteiger partial charge in [-0.25, -0.2) is 0 Å². The van der Waals surface area contributed by atoms with Gasteiger partial charge < -0.3 is 10.4 Å². The molecule has 0 bridgehead atoms. The molecule has 0 aliphatic heterocycles. The van der Waals surface area contributed by atoms with Gasteiger partial charge in [0.15, 0.2) is 0 Å². The lowest BCUT2D eigenvalue weighted by Crippen LogP contribution is -2.23. The molecule has 0 unspecified atom stereocenters. The summed E-state index contributed by atoms with van der Waals surface area (Å²) in [5.41, 5.74) is 0.778. The molecule has 0 spiro atoms. The molecule has 0 saturated heterocycles. The van der Waals surface area contributed by atoms with Gasteiger partial charge in [0, 0.05) is 17.1 Å². The van der Waals surface area contributed by atoms with E-state index in [0.717, 1.165) is 31.4 Å².